The quantitative estimate of drug-likeness (QED) is 0.195. The Hall–Kier alpha value is -6.26. The zero-order chi connectivity index (χ0) is 31.3. The molecule has 0 saturated carbocycles. The van der Waals surface area contributed by atoms with Crippen molar-refractivity contribution in [2.24, 2.45) is 0 Å². The van der Waals surface area contributed by atoms with Crippen molar-refractivity contribution in [2.75, 3.05) is 0 Å². The maximum Gasteiger partial charge on any atom is 0.227 e. The van der Waals surface area contributed by atoms with Crippen molar-refractivity contribution in [3.63, 3.8) is 0 Å². The second-order valence-electron chi connectivity index (χ2n) is 11.7. The maximum atomic E-state index is 14.2. The lowest BCUT2D eigenvalue weighted by Gasteiger charge is -2.15. The van der Waals surface area contributed by atoms with Gasteiger partial charge < -0.3 is 8.98 Å². The number of benzene rings is 7. The van der Waals surface area contributed by atoms with Gasteiger partial charge in [0.1, 0.15) is 5.52 Å². The van der Waals surface area contributed by atoms with E-state index in [1.165, 1.54) is 33.4 Å². The fourth-order valence-electron chi connectivity index (χ4n) is 6.76. The monoisotopic (exact) mass is 606 g/mol. The van der Waals surface area contributed by atoms with E-state index in [2.05, 4.69) is 143 Å². The molecule has 0 unspecified atom stereocenters. The first-order chi connectivity index (χ1) is 23.2. The number of oxazole rings is 1. The molecule has 0 bridgehead atoms. The molecular weight excluding hydrogens is 579 g/mol. The molecule has 2 aromatic heterocycles. The van der Waals surface area contributed by atoms with E-state index < -0.39 is 0 Å². The molecule has 0 spiro atoms. The van der Waals surface area contributed by atoms with Crippen molar-refractivity contribution in [2.45, 2.75) is 0 Å². The van der Waals surface area contributed by atoms with Crippen molar-refractivity contribution in [1.82, 2.24) is 9.55 Å². The highest BCUT2D eigenvalue weighted by molar-refractivity contribution is 6.09. The van der Waals surface area contributed by atoms with Crippen molar-refractivity contribution < 1.29 is 8.81 Å². The van der Waals surface area contributed by atoms with Crippen molar-refractivity contribution in [1.29, 1.82) is 0 Å². The fourth-order valence-corrected chi connectivity index (χ4v) is 6.76. The third kappa shape index (κ3) is 4.53. The predicted octanol–water partition coefficient (Wildman–Crippen LogP) is 11.7. The van der Waals surface area contributed by atoms with Crippen molar-refractivity contribution in [3.8, 4) is 50.5 Å². The van der Waals surface area contributed by atoms with E-state index in [0.717, 1.165) is 39.1 Å². The number of hydrogen-bond donors (Lipinski definition) is 0. The molecule has 222 valence electrons. The lowest BCUT2D eigenvalue weighted by Crippen LogP contribution is -1.94. The number of para-hydroxylation sites is 3. The first kappa shape index (κ1) is 27.1. The lowest BCUT2D eigenvalue weighted by atomic mass is 9.89. The van der Waals surface area contributed by atoms with Crippen LogP contribution < -0.4 is 0 Å². The minimum absolute atomic E-state index is 0.247. The topological polar surface area (TPSA) is 31.0 Å². The van der Waals surface area contributed by atoms with E-state index in [4.69, 9.17) is 4.42 Å². The van der Waals surface area contributed by atoms with Gasteiger partial charge in [-0.25, -0.2) is 9.37 Å². The summed E-state index contributed by atoms with van der Waals surface area (Å²) in [6.07, 6.45) is 0. The Balaban J connectivity index is 1.09. The van der Waals surface area contributed by atoms with Crippen molar-refractivity contribution >= 4 is 32.9 Å². The molecule has 0 radical (unpaired) electrons. The summed E-state index contributed by atoms with van der Waals surface area (Å²) in [6, 6.07) is 56.0. The Morgan fingerprint density at radius 1 is 0.447 bits per heavy atom. The first-order valence-electron chi connectivity index (χ1n) is 15.7. The third-order valence-electron chi connectivity index (χ3n) is 8.97. The summed E-state index contributed by atoms with van der Waals surface area (Å²) >= 11 is 0. The Labute approximate surface area is 270 Å². The van der Waals surface area contributed by atoms with E-state index in [1.807, 2.05) is 12.1 Å². The van der Waals surface area contributed by atoms with Crippen LogP contribution in [0.3, 0.4) is 0 Å². The van der Waals surface area contributed by atoms with Crippen LogP contribution in [0.15, 0.2) is 168 Å². The van der Waals surface area contributed by atoms with Crippen LogP contribution >= 0.6 is 0 Å². The molecule has 4 heteroatoms. The zero-order valence-corrected chi connectivity index (χ0v) is 25.3. The molecular formula is C43H27FN2O. The number of hydrogen-bond acceptors (Lipinski definition) is 2. The highest BCUT2D eigenvalue weighted by atomic mass is 19.1. The molecule has 0 fully saturated rings. The highest BCUT2D eigenvalue weighted by Crippen LogP contribution is 2.39. The highest BCUT2D eigenvalue weighted by Gasteiger charge is 2.16. The Kier molecular flexibility index (Phi) is 6.32. The van der Waals surface area contributed by atoms with Crippen molar-refractivity contribution in [3.05, 3.63) is 170 Å². The molecule has 9 rings (SSSR count). The Morgan fingerprint density at radius 3 is 1.51 bits per heavy atom. The summed E-state index contributed by atoms with van der Waals surface area (Å²) < 4.78 is 22.4. The van der Waals surface area contributed by atoms with Gasteiger partial charge in [-0.05, 0) is 81.9 Å². The predicted molar refractivity (Wildman–Crippen MR) is 190 cm³/mol. The molecule has 7 aromatic carbocycles. The third-order valence-corrected chi connectivity index (χ3v) is 8.97. The molecule has 0 aliphatic heterocycles. The number of nitrogens with zero attached hydrogens (tertiary/aromatic N) is 2. The molecule has 0 amide bonds. The van der Waals surface area contributed by atoms with Gasteiger partial charge in [-0.3, -0.25) is 0 Å². The van der Waals surface area contributed by atoms with Gasteiger partial charge in [-0.15, -0.1) is 0 Å². The van der Waals surface area contributed by atoms with Crippen LogP contribution in [0.2, 0.25) is 0 Å². The van der Waals surface area contributed by atoms with Crippen LogP contribution in [0.25, 0.3) is 83.4 Å². The van der Waals surface area contributed by atoms with Crippen LogP contribution in [0.4, 0.5) is 4.39 Å². The molecule has 0 N–H and O–H groups in total. The molecule has 0 atom stereocenters. The van der Waals surface area contributed by atoms with Gasteiger partial charge in [0.2, 0.25) is 5.89 Å². The second kappa shape index (κ2) is 11.0. The molecule has 9 aromatic rings. The number of rotatable bonds is 5. The van der Waals surface area contributed by atoms with Gasteiger partial charge in [0, 0.05) is 22.0 Å². The SMILES string of the molecule is Fc1cccc2oc(-c3ccc(-c4ccccc4-c4ccccc4-c4ccc(-n5c6ccccc6c6ccccc65)cc4)cc3)nc12. The fraction of sp³-hybridized carbons (Fsp3) is 0. The molecule has 47 heavy (non-hydrogen) atoms. The average molecular weight is 607 g/mol. The standard InChI is InChI=1S/C43H27FN2O/c44-38-16-9-19-41-42(38)45-43(47-41)30-22-20-28(21-23-30)32-10-1-3-12-34(32)35-13-4-2-11-33(35)29-24-26-31(27-25-29)46-39-17-7-5-14-36(39)37-15-6-8-18-40(37)46/h1-27H. The van der Waals surface area contributed by atoms with Gasteiger partial charge in [-0.2, -0.15) is 0 Å². The van der Waals surface area contributed by atoms with Gasteiger partial charge >= 0.3 is 0 Å². The van der Waals surface area contributed by atoms with E-state index in [0.29, 0.717) is 11.5 Å². The summed E-state index contributed by atoms with van der Waals surface area (Å²) in [5.74, 6) is 0.0164. The summed E-state index contributed by atoms with van der Waals surface area (Å²) in [4.78, 5) is 4.40. The Morgan fingerprint density at radius 2 is 0.936 bits per heavy atom. The summed E-state index contributed by atoms with van der Waals surface area (Å²) in [7, 11) is 0. The van der Waals surface area contributed by atoms with Crippen LogP contribution in [-0.2, 0) is 0 Å². The maximum absolute atomic E-state index is 14.2. The van der Waals surface area contributed by atoms with E-state index >= 15 is 0 Å². The lowest BCUT2D eigenvalue weighted by molar-refractivity contribution is 0.617. The molecule has 0 aliphatic carbocycles. The minimum atomic E-state index is -0.386. The van der Waals surface area contributed by atoms with Gasteiger partial charge in [0.05, 0.1) is 11.0 Å². The average Bonchev–Trinajstić information content (AvgIpc) is 3.73. The van der Waals surface area contributed by atoms with Crippen LogP contribution in [0.5, 0.6) is 0 Å². The molecule has 2 heterocycles. The normalized spacial score (nSPS) is 11.5. The van der Waals surface area contributed by atoms with Gasteiger partial charge in [0.25, 0.3) is 0 Å². The number of aromatic nitrogens is 2. The van der Waals surface area contributed by atoms with Crippen LogP contribution in [-0.4, -0.2) is 9.55 Å². The molecule has 0 saturated heterocycles. The zero-order valence-electron chi connectivity index (χ0n) is 25.3. The number of halogens is 1. The Bertz CT molecular complexity index is 2520. The van der Waals surface area contributed by atoms with E-state index in [9.17, 15) is 4.39 Å². The molecule has 0 aliphatic rings. The van der Waals surface area contributed by atoms with Gasteiger partial charge in [-0.1, -0.05) is 115 Å². The summed E-state index contributed by atoms with van der Waals surface area (Å²) in [5.41, 5.74) is 11.8. The van der Waals surface area contributed by atoms with Gasteiger partial charge in [0.15, 0.2) is 11.4 Å². The largest absolute Gasteiger partial charge is 0.436 e. The summed E-state index contributed by atoms with van der Waals surface area (Å²) in [6.45, 7) is 0. The van der Waals surface area contributed by atoms with E-state index in [-0.39, 0.29) is 11.3 Å². The van der Waals surface area contributed by atoms with Crippen LogP contribution in [0.1, 0.15) is 0 Å². The van der Waals surface area contributed by atoms with E-state index in [1.54, 1.807) is 12.1 Å². The number of fused-ring (bicyclic) bond motifs is 4. The smallest absolute Gasteiger partial charge is 0.227 e. The summed E-state index contributed by atoms with van der Waals surface area (Å²) in [5, 5.41) is 2.51. The second-order valence-corrected chi connectivity index (χ2v) is 11.7. The minimum Gasteiger partial charge on any atom is -0.436 e. The molecule has 3 nitrogen and oxygen atoms in total. The first-order valence-corrected chi connectivity index (χ1v) is 15.7. The van der Waals surface area contributed by atoms with Crippen LogP contribution in [0, 0.1) is 5.82 Å².